The van der Waals surface area contributed by atoms with Gasteiger partial charge in [-0.3, -0.25) is 9.36 Å². The molecule has 0 radical (unpaired) electrons. The van der Waals surface area contributed by atoms with Crippen molar-refractivity contribution < 1.29 is 17.6 Å². The third kappa shape index (κ3) is 3.57. The van der Waals surface area contributed by atoms with Gasteiger partial charge in [0.15, 0.2) is 0 Å². The van der Waals surface area contributed by atoms with Gasteiger partial charge in [0.2, 0.25) is 5.91 Å². The van der Waals surface area contributed by atoms with Crippen LogP contribution in [0.2, 0.25) is 0 Å². The first kappa shape index (κ1) is 19.8. The third-order valence-electron chi connectivity index (χ3n) is 4.47. The molecular formula is C19H20FN3O4S. The smallest absolute Gasteiger partial charge is 0.343 e. The van der Waals surface area contributed by atoms with E-state index in [1.54, 1.807) is 18.2 Å². The maximum absolute atomic E-state index is 13.2. The van der Waals surface area contributed by atoms with Crippen LogP contribution in [0.3, 0.4) is 0 Å². The van der Waals surface area contributed by atoms with E-state index in [0.29, 0.717) is 9.49 Å². The predicted octanol–water partition coefficient (Wildman–Crippen LogP) is 2.09. The second-order valence-electron chi connectivity index (χ2n) is 6.46. The Hall–Kier alpha value is -2.94. The monoisotopic (exact) mass is 405 g/mol. The molecule has 0 aliphatic carbocycles. The molecule has 148 valence electrons. The van der Waals surface area contributed by atoms with Crippen LogP contribution in [0, 0.1) is 5.82 Å². The third-order valence-corrected chi connectivity index (χ3v) is 6.17. The minimum Gasteiger partial charge on any atom is -0.352 e. The number of imidazole rings is 1. The first-order valence-electron chi connectivity index (χ1n) is 8.76. The zero-order valence-corrected chi connectivity index (χ0v) is 16.2. The molecule has 1 unspecified atom stereocenters. The molecule has 1 amide bonds. The van der Waals surface area contributed by atoms with Crippen LogP contribution in [-0.4, -0.2) is 28.9 Å². The molecule has 3 rings (SSSR count). The van der Waals surface area contributed by atoms with Crippen molar-refractivity contribution in [2.24, 2.45) is 0 Å². The van der Waals surface area contributed by atoms with Gasteiger partial charge in [0.05, 0.1) is 15.9 Å². The summed E-state index contributed by atoms with van der Waals surface area (Å²) in [5, 5.41) is 2.76. The van der Waals surface area contributed by atoms with Crippen LogP contribution >= 0.6 is 0 Å². The number of hydrogen-bond donors (Lipinski definition) is 1. The Morgan fingerprint density at radius 1 is 1.11 bits per heavy atom. The molecule has 0 spiro atoms. The Morgan fingerprint density at radius 3 is 2.32 bits per heavy atom. The lowest BCUT2D eigenvalue weighted by molar-refractivity contribution is -0.122. The van der Waals surface area contributed by atoms with Gasteiger partial charge in [-0.2, -0.15) is 3.97 Å². The average molecular weight is 405 g/mol. The maximum atomic E-state index is 13.2. The van der Waals surface area contributed by atoms with Crippen molar-refractivity contribution in [2.75, 3.05) is 0 Å². The van der Waals surface area contributed by atoms with E-state index < -0.39 is 27.4 Å². The van der Waals surface area contributed by atoms with Gasteiger partial charge in [-0.25, -0.2) is 17.6 Å². The Kier molecular flexibility index (Phi) is 5.37. The zero-order chi connectivity index (χ0) is 20.5. The van der Waals surface area contributed by atoms with Crippen molar-refractivity contribution in [3.05, 3.63) is 64.8 Å². The van der Waals surface area contributed by atoms with Gasteiger partial charge in [-0.1, -0.05) is 19.1 Å². The number of amides is 1. The van der Waals surface area contributed by atoms with Gasteiger partial charge in [-0.15, -0.1) is 0 Å². The fraction of sp³-hybridized carbons (Fsp3) is 0.263. The van der Waals surface area contributed by atoms with Crippen molar-refractivity contribution in [3.63, 3.8) is 0 Å². The number of carbonyl (C=O) groups excluding carboxylic acids is 1. The summed E-state index contributed by atoms with van der Waals surface area (Å²) in [6, 6.07) is 10.5. The molecule has 1 atom stereocenters. The lowest BCUT2D eigenvalue weighted by Crippen LogP contribution is -2.38. The van der Waals surface area contributed by atoms with E-state index in [1.165, 1.54) is 6.07 Å². The SMILES string of the molecule is CCC(C)NC(=O)Cn1c(=O)n(S(=O)(=O)c2ccc(F)cc2)c2ccccc21. The van der Waals surface area contributed by atoms with Crippen molar-refractivity contribution >= 4 is 27.0 Å². The molecule has 1 N–H and O–H groups in total. The Labute approximate surface area is 161 Å². The standard InChI is InChI=1S/C19H20FN3O4S/c1-3-13(2)21-18(24)12-22-16-6-4-5-7-17(16)23(19(22)25)28(26,27)15-10-8-14(20)9-11-15/h4-11,13H,3,12H2,1-2H3,(H,21,24). The highest BCUT2D eigenvalue weighted by Crippen LogP contribution is 2.20. The number of rotatable bonds is 6. The van der Waals surface area contributed by atoms with E-state index in [9.17, 15) is 22.4 Å². The highest BCUT2D eigenvalue weighted by Gasteiger charge is 2.26. The number of carbonyl (C=O) groups is 1. The molecule has 9 heteroatoms. The van der Waals surface area contributed by atoms with Crippen molar-refractivity contribution in [1.82, 2.24) is 13.9 Å². The molecule has 0 saturated carbocycles. The maximum Gasteiger partial charge on any atom is 0.343 e. The molecule has 0 saturated heterocycles. The molecule has 0 aliphatic rings. The molecule has 3 aromatic rings. The molecule has 7 nitrogen and oxygen atoms in total. The van der Waals surface area contributed by atoms with Gasteiger partial charge in [0.1, 0.15) is 12.4 Å². The minimum atomic E-state index is -4.27. The largest absolute Gasteiger partial charge is 0.352 e. The molecule has 1 heterocycles. The summed E-state index contributed by atoms with van der Waals surface area (Å²) in [5.74, 6) is -0.978. The Balaban J connectivity index is 2.15. The summed E-state index contributed by atoms with van der Waals surface area (Å²) in [4.78, 5) is 25.0. The lowest BCUT2D eigenvalue weighted by Gasteiger charge is -2.11. The average Bonchev–Trinajstić information content (AvgIpc) is 2.94. The second-order valence-corrected chi connectivity index (χ2v) is 8.24. The summed E-state index contributed by atoms with van der Waals surface area (Å²) in [7, 11) is -4.27. The van der Waals surface area contributed by atoms with Crippen LogP contribution in [0.4, 0.5) is 4.39 Å². The first-order chi connectivity index (χ1) is 13.3. The highest BCUT2D eigenvalue weighted by molar-refractivity contribution is 7.90. The Bertz CT molecular complexity index is 1180. The topological polar surface area (TPSA) is 90.2 Å². The molecule has 2 aromatic carbocycles. The number of hydrogen-bond acceptors (Lipinski definition) is 4. The van der Waals surface area contributed by atoms with E-state index >= 15 is 0 Å². The van der Waals surface area contributed by atoms with Crippen LogP contribution in [0.1, 0.15) is 20.3 Å². The second kappa shape index (κ2) is 7.59. The molecule has 0 bridgehead atoms. The van der Waals surface area contributed by atoms with Gasteiger partial charge < -0.3 is 5.32 Å². The van der Waals surface area contributed by atoms with Gasteiger partial charge in [-0.05, 0) is 49.7 Å². The van der Waals surface area contributed by atoms with E-state index in [0.717, 1.165) is 35.3 Å². The summed E-state index contributed by atoms with van der Waals surface area (Å²) in [6.45, 7) is 3.44. The normalized spacial score (nSPS) is 12.8. The van der Waals surface area contributed by atoms with Crippen molar-refractivity contribution in [1.29, 1.82) is 0 Å². The quantitative estimate of drug-likeness (QED) is 0.680. The molecule has 28 heavy (non-hydrogen) atoms. The number of aromatic nitrogens is 2. The summed E-state index contributed by atoms with van der Waals surface area (Å²) >= 11 is 0. The predicted molar refractivity (Wildman–Crippen MR) is 103 cm³/mol. The molecule has 1 aromatic heterocycles. The van der Waals surface area contributed by atoms with Crippen LogP contribution in [0.25, 0.3) is 11.0 Å². The van der Waals surface area contributed by atoms with E-state index in [4.69, 9.17) is 0 Å². The molecule has 0 fully saturated rings. The number of nitrogens with zero attached hydrogens (tertiary/aromatic N) is 2. The van der Waals surface area contributed by atoms with E-state index in [1.807, 2.05) is 13.8 Å². The molecular weight excluding hydrogens is 385 g/mol. The van der Waals surface area contributed by atoms with Gasteiger partial charge in [0.25, 0.3) is 10.0 Å². The van der Waals surface area contributed by atoms with Crippen molar-refractivity contribution in [3.8, 4) is 0 Å². The van der Waals surface area contributed by atoms with Gasteiger partial charge in [0, 0.05) is 6.04 Å². The molecule has 0 aliphatic heterocycles. The van der Waals surface area contributed by atoms with E-state index in [-0.39, 0.29) is 23.0 Å². The van der Waals surface area contributed by atoms with Crippen LogP contribution in [0.15, 0.2) is 58.2 Å². The van der Waals surface area contributed by atoms with Gasteiger partial charge >= 0.3 is 5.69 Å². The summed E-state index contributed by atoms with van der Waals surface area (Å²) < 4.78 is 41.0. The van der Waals surface area contributed by atoms with Crippen LogP contribution in [-0.2, 0) is 21.4 Å². The fourth-order valence-electron chi connectivity index (χ4n) is 2.84. The van der Waals surface area contributed by atoms with E-state index in [2.05, 4.69) is 5.32 Å². The summed E-state index contributed by atoms with van der Waals surface area (Å²) in [5.41, 5.74) is -0.393. The number of benzene rings is 2. The Morgan fingerprint density at radius 2 is 1.71 bits per heavy atom. The number of fused-ring (bicyclic) bond motifs is 1. The minimum absolute atomic E-state index is 0.0699. The van der Waals surface area contributed by atoms with Crippen LogP contribution in [0.5, 0.6) is 0 Å². The van der Waals surface area contributed by atoms with Crippen molar-refractivity contribution in [2.45, 2.75) is 37.8 Å². The first-order valence-corrected chi connectivity index (χ1v) is 10.2. The number of para-hydroxylation sites is 2. The highest BCUT2D eigenvalue weighted by atomic mass is 32.2. The lowest BCUT2D eigenvalue weighted by atomic mass is 10.2. The fourth-order valence-corrected chi connectivity index (χ4v) is 4.25. The zero-order valence-electron chi connectivity index (χ0n) is 15.4. The van der Waals surface area contributed by atoms with Crippen LogP contribution < -0.4 is 11.0 Å². The summed E-state index contributed by atoms with van der Waals surface area (Å²) in [6.07, 6.45) is 0.724. The number of nitrogens with one attached hydrogen (secondary N) is 1. The number of halogens is 1.